The number of carboxylic acid groups (broad SMARTS) is 1. The average Bonchev–Trinajstić information content (AvgIpc) is 3.15. The molecule has 2 aromatic rings. The normalized spacial score (nSPS) is 17.2. The third-order valence-electron chi connectivity index (χ3n) is 3.10. The van der Waals surface area contributed by atoms with Crippen molar-refractivity contribution in [1.29, 1.82) is 0 Å². The number of hydrogen-bond donors (Lipinski definition) is 2. The average molecular weight is 394 g/mol. The zero-order chi connectivity index (χ0) is 17.8. The maximum atomic E-state index is 12.0. The Morgan fingerprint density at radius 1 is 1.44 bits per heavy atom. The lowest BCUT2D eigenvalue weighted by Crippen LogP contribution is -2.20. The summed E-state index contributed by atoms with van der Waals surface area (Å²) in [4.78, 5) is 31.5. The van der Waals surface area contributed by atoms with Crippen LogP contribution >= 0.6 is 34.7 Å². The standard InChI is InChI=1S/C16H12ClN3O3S2/c17-10-3-1-2-9(6-10)15-19-11(8-24-15)7-12-14(23)20-16(25-12)18-5-4-13(21)22/h1-3,6-8H,4-5H2,(H,21,22)(H,18,20,23)/b12-7-. The minimum absolute atomic E-state index is 0.0753. The number of rotatable bonds is 5. The van der Waals surface area contributed by atoms with Crippen molar-refractivity contribution >= 4 is 57.8 Å². The van der Waals surface area contributed by atoms with Gasteiger partial charge in [-0.15, -0.1) is 11.3 Å². The summed E-state index contributed by atoms with van der Waals surface area (Å²) in [6.45, 7) is 0.126. The third kappa shape index (κ3) is 4.68. The first kappa shape index (κ1) is 17.7. The minimum Gasteiger partial charge on any atom is -0.481 e. The number of thiazole rings is 1. The van der Waals surface area contributed by atoms with Gasteiger partial charge in [-0.05, 0) is 30.0 Å². The monoisotopic (exact) mass is 393 g/mol. The second-order valence-corrected chi connectivity index (χ2v) is 7.31. The number of carbonyl (C=O) groups is 2. The number of benzene rings is 1. The number of nitrogens with one attached hydrogen (secondary N) is 1. The van der Waals surface area contributed by atoms with Crippen LogP contribution in [0.25, 0.3) is 16.6 Å². The van der Waals surface area contributed by atoms with Crippen molar-refractivity contribution in [2.24, 2.45) is 4.99 Å². The van der Waals surface area contributed by atoms with E-state index in [0.29, 0.717) is 20.8 Å². The summed E-state index contributed by atoms with van der Waals surface area (Å²) >= 11 is 8.63. The smallest absolute Gasteiger partial charge is 0.305 e. The van der Waals surface area contributed by atoms with E-state index in [4.69, 9.17) is 16.7 Å². The highest BCUT2D eigenvalue weighted by atomic mass is 35.5. The van der Waals surface area contributed by atoms with Crippen molar-refractivity contribution in [3.63, 3.8) is 0 Å². The second kappa shape index (κ2) is 7.81. The number of aliphatic carboxylic acids is 1. The molecule has 1 aliphatic heterocycles. The van der Waals surface area contributed by atoms with Crippen molar-refractivity contribution in [1.82, 2.24) is 10.3 Å². The minimum atomic E-state index is -0.926. The summed E-state index contributed by atoms with van der Waals surface area (Å²) in [5, 5.41) is 14.9. The van der Waals surface area contributed by atoms with Crippen LogP contribution in [-0.4, -0.2) is 33.7 Å². The lowest BCUT2D eigenvalue weighted by molar-refractivity contribution is -0.136. The molecule has 25 heavy (non-hydrogen) atoms. The fourth-order valence-electron chi connectivity index (χ4n) is 2.00. The molecule has 0 atom stereocenters. The Labute approximate surface area is 156 Å². The molecule has 1 aromatic carbocycles. The van der Waals surface area contributed by atoms with E-state index in [1.54, 1.807) is 12.1 Å². The van der Waals surface area contributed by atoms with E-state index >= 15 is 0 Å². The van der Waals surface area contributed by atoms with Gasteiger partial charge in [0.25, 0.3) is 5.91 Å². The van der Waals surface area contributed by atoms with E-state index in [0.717, 1.165) is 10.6 Å². The number of hydrogen-bond acceptors (Lipinski definition) is 6. The fraction of sp³-hybridized carbons (Fsp3) is 0.125. The molecule has 1 aliphatic rings. The summed E-state index contributed by atoms with van der Waals surface area (Å²) in [5.41, 5.74) is 1.59. The van der Waals surface area contributed by atoms with Gasteiger partial charge in [-0.3, -0.25) is 14.6 Å². The molecule has 2 N–H and O–H groups in total. The van der Waals surface area contributed by atoms with Crippen LogP contribution in [0.5, 0.6) is 0 Å². The molecule has 1 saturated heterocycles. The lowest BCUT2D eigenvalue weighted by Gasteiger charge is -1.96. The highest BCUT2D eigenvalue weighted by Crippen LogP contribution is 2.29. The summed E-state index contributed by atoms with van der Waals surface area (Å²) in [6.07, 6.45) is 1.61. The number of thioether (sulfide) groups is 1. The van der Waals surface area contributed by atoms with Crippen LogP contribution in [0.1, 0.15) is 12.1 Å². The number of nitrogens with zero attached hydrogens (tertiary/aromatic N) is 2. The Hall–Kier alpha value is -2.16. The van der Waals surface area contributed by atoms with Gasteiger partial charge in [-0.25, -0.2) is 4.98 Å². The van der Waals surface area contributed by atoms with E-state index < -0.39 is 5.97 Å². The van der Waals surface area contributed by atoms with E-state index in [9.17, 15) is 9.59 Å². The van der Waals surface area contributed by atoms with Gasteiger partial charge in [0.1, 0.15) is 5.01 Å². The van der Waals surface area contributed by atoms with Gasteiger partial charge in [0.05, 0.1) is 23.6 Å². The molecular weight excluding hydrogens is 382 g/mol. The zero-order valence-corrected chi connectivity index (χ0v) is 15.1. The van der Waals surface area contributed by atoms with Crippen LogP contribution in [0, 0.1) is 0 Å². The van der Waals surface area contributed by atoms with Crippen LogP contribution in [0.3, 0.4) is 0 Å². The van der Waals surface area contributed by atoms with Crippen LogP contribution in [0.2, 0.25) is 5.02 Å². The first-order valence-corrected chi connectivity index (χ1v) is 9.27. The molecule has 3 rings (SSSR count). The number of carboxylic acids is 1. The fourth-order valence-corrected chi connectivity index (χ4v) is 3.79. The summed E-state index contributed by atoms with van der Waals surface area (Å²) in [5.74, 6) is -1.19. The molecule has 1 amide bonds. The molecule has 0 unspecified atom stereocenters. The van der Waals surface area contributed by atoms with Crippen molar-refractivity contribution in [3.05, 3.63) is 45.3 Å². The largest absolute Gasteiger partial charge is 0.481 e. The summed E-state index contributed by atoms with van der Waals surface area (Å²) < 4.78 is 0. The topological polar surface area (TPSA) is 91.6 Å². The van der Waals surface area contributed by atoms with Crippen LogP contribution in [-0.2, 0) is 9.59 Å². The molecule has 0 aliphatic carbocycles. The van der Waals surface area contributed by atoms with Gasteiger partial charge in [0.15, 0.2) is 5.17 Å². The van der Waals surface area contributed by atoms with E-state index in [1.165, 1.54) is 23.1 Å². The summed E-state index contributed by atoms with van der Waals surface area (Å²) in [6, 6.07) is 7.41. The Bertz CT molecular complexity index is 892. The highest BCUT2D eigenvalue weighted by Gasteiger charge is 2.24. The van der Waals surface area contributed by atoms with Crippen LogP contribution in [0.15, 0.2) is 39.5 Å². The molecule has 128 valence electrons. The third-order valence-corrected chi connectivity index (χ3v) is 5.20. The Balaban J connectivity index is 1.73. The van der Waals surface area contributed by atoms with Crippen molar-refractivity contribution in [2.75, 3.05) is 6.54 Å². The number of halogens is 1. The predicted molar refractivity (Wildman–Crippen MR) is 101 cm³/mol. The van der Waals surface area contributed by atoms with E-state index in [1.807, 2.05) is 23.6 Å². The molecule has 0 bridgehead atoms. The Kier molecular flexibility index (Phi) is 5.52. The van der Waals surface area contributed by atoms with Gasteiger partial charge in [-0.1, -0.05) is 23.7 Å². The van der Waals surface area contributed by atoms with Gasteiger partial charge in [-0.2, -0.15) is 0 Å². The van der Waals surface area contributed by atoms with Crippen LogP contribution < -0.4 is 5.32 Å². The number of amidine groups is 1. The van der Waals surface area contributed by atoms with Crippen LogP contribution in [0.4, 0.5) is 0 Å². The lowest BCUT2D eigenvalue weighted by atomic mass is 10.2. The summed E-state index contributed by atoms with van der Waals surface area (Å²) in [7, 11) is 0. The van der Waals surface area contributed by atoms with Crippen molar-refractivity contribution < 1.29 is 14.7 Å². The molecule has 1 aromatic heterocycles. The van der Waals surface area contributed by atoms with Gasteiger partial charge < -0.3 is 10.4 Å². The first-order valence-electron chi connectivity index (χ1n) is 7.20. The zero-order valence-electron chi connectivity index (χ0n) is 12.7. The van der Waals surface area contributed by atoms with E-state index in [2.05, 4.69) is 15.3 Å². The molecule has 0 saturated carbocycles. The van der Waals surface area contributed by atoms with Crippen molar-refractivity contribution in [3.8, 4) is 10.6 Å². The molecule has 2 heterocycles. The molecular formula is C16H12ClN3O3S2. The van der Waals surface area contributed by atoms with Gasteiger partial charge in [0, 0.05) is 16.0 Å². The number of aliphatic imine (C=N–C) groups is 1. The Morgan fingerprint density at radius 2 is 2.28 bits per heavy atom. The molecule has 0 spiro atoms. The molecule has 1 fully saturated rings. The Morgan fingerprint density at radius 3 is 3.04 bits per heavy atom. The first-order chi connectivity index (χ1) is 12.0. The second-order valence-electron chi connectivity index (χ2n) is 4.98. The predicted octanol–water partition coefficient (Wildman–Crippen LogP) is 3.50. The maximum absolute atomic E-state index is 12.0. The highest BCUT2D eigenvalue weighted by molar-refractivity contribution is 8.18. The number of amides is 1. The molecule has 6 nitrogen and oxygen atoms in total. The SMILES string of the molecule is O=C(O)CCN=C1NC(=O)/C(=C/c2csc(-c3cccc(Cl)c3)n2)S1. The number of carbonyl (C=O) groups excluding carboxylic acids is 1. The number of aromatic nitrogens is 1. The van der Waals surface area contributed by atoms with Gasteiger partial charge in [0.2, 0.25) is 0 Å². The van der Waals surface area contributed by atoms with Gasteiger partial charge >= 0.3 is 5.97 Å². The van der Waals surface area contributed by atoms with Crippen molar-refractivity contribution in [2.45, 2.75) is 6.42 Å². The van der Waals surface area contributed by atoms with E-state index in [-0.39, 0.29) is 18.9 Å². The maximum Gasteiger partial charge on any atom is 0.305 e. The molecule has 9 heteroatoms. The molecule has 0 radical (unpaired) electrons. The quantitative estimate of drug-likeness (QED) is 0.758.